The standard InChI is InChI=1S/C20H23N3O3S2/c1-25-15-3-4-16-14(13-21-17(16)12-15)11-18-19(24)23(20(27)28-18)6-2-5-22-7-9-26-10-8-22/h3-4,11-13,24H,2,5-10H2,1H3/b14-11+. The van der Waals surface area contributed by atoms with Crippen LogP contribution in [-0.2, 0) is 11.3 Å². The van der Waals surface area contributed by atoms with E-state index < -0.39 is 0 Å². The van der Waals surface area contributed by atoms with Crippen LogP contribution < -0.4 is 4.74 Å². The highest BCUT2D eigenvalue weighted by Crippen LogP contribution is 2.37. The summed E-state index contributed by atoms with van der Waals surface area (Å²) < 4.78 is 13.2. The van der Waals surface area contributed by atoms with Gasteiger partial charge in [-0.2, -0.15) is 0 Å². The summed E-state index contributed by atoms with van der Waals surface area (Å²) >= 11 is 6.92. The number of hydrogen-bond acceptors (Lipinski definition) is 7. The van der Waals surface area contributed by atoms with E-state index in [0.717, 1.165) is 66.7 Å². The first kappa shape index (κ1) is 19.3. The Morgan fingerprint density at radius 1 is 1.32 bits per heavy atom. The third-order valence-electron chi connectivity index (χ3n) is 5.00. The van der Waals surface area contributed by atoms with Crippen LogP contribution in [0, 0.1) is 3.95 Å². The molecule has 0 radical (unpaired) electrons. The lowest BCUT2D eigenvalue weighted by Crippen LogP contribution is -2.37. The molecular weight excluding hydrogens is 394 g/mol. The number of aliphatic imine (C=N–C) groups is 1. The number of aromatic nitrogens is 1. The largest absolute Gasteiger partial charge is 0.497 e. The molecule has 1 aromatic heterocycles. The fraction of sp³-hybridized carbons (Fsp3) is 0.400. The van der Waals surface area contributed by atoms with Crippen LogP contribution in [-0.4, -0.2) is 60.7 Å². The molecule has 0 aliphatic carbocycles. The SMILES string of the molecule is COc1ccc2c(c1)N=C/C2=C\c1sc(=S)n(CCCN2CCOCC2)c1O. The van der Waals surface area contributed by atoms with Gasteiger partial charge < -0.3 is 14.6 Å². The highest BCUT2D eigenvalue weighted by Gasteiger charge is 2.17. The molecule has 0 bridgehead atoms. The average molecular weight is 418 g/mol. The predicted octanol–water partition coefficient (Wildman–Crippen LogP) is 3.97. The molecule has 2 aliphatic heterocycles. The van der Waals surface area contributed by atoms with Crippen molar-refractivity contribution in [1.29, 1.82) is 0 Å². The number of thiazole rings is 1. The van der Waals surface area contributed by atoms with E-state index in [1.807, 2.05) is 35.1 Å². The maximum atomic E-state index is 10.7. The zero-order valence-corrected chi connectivity index (χ0v) is 17.4. The number of methoxy groups -OCH3 is 1. The number of rotatable bonds is 6. The first-order chi connectivity index (χ1) is 13.7. The Balaban J connectivity index is 1.48. The zero-order chi connectivity index (χ0) is 19.5. The van der Waals surface area contributed by atoms with E-state index in [2.05, 4.69) is 9.89 Å². The third kappa shape index (κ3) is 4.05. The number of benzene rings is 1. The van der Waals surface area contributed by atoms with Crippen molar-refractivity contribution < 1.29 is 14.6 Å². The molecule has 0 saturated carbocycles. The molecule has 28 heavy (non-hydrogen) atoms. The molecule has 4 rings (SSSR count). The summed E-state index contributed by atoms with van der Waals surface area (Å²) in [5.74, 6) is 1.02. The van der Waals surface area contributed by atoms with Crippen molar-refractivity contribution in [3.05, 3.63) is 32.6 Å². The van der Waals surface area contributed by atoms with Crippen LogP contribution in [0.5, 0.6) is 11.6 Å². The molecule has 148 valence electrons. The van der Waals surface area contributed by atoms with Crippen LogP contribution in [0.3, 0.4) is 0 Å². The van der Waals surface area contributed by atoms with Gasteiger partial charge in [0.1, 0.15) is 5.75 Å². The van der Waals surface area contributed by atoms with Gasteiger partial charge in [-0.1, -0.05) is 0 Å². The second-order valence-electron chi connectivity index (χ2n) is 6.76. The highest BCUT2D eigenvalue weighted by molar-refractivity contribution is 7.73. The van der Waals surface area contributed by atoms with Crippen molar-refractivity contribution in [1.82, 2.24) is 9.47 Å². The summed E-state index contributed by atoms with van der Waals surface area (Å²) in [5.41, 5.74) is 2.86. The van der Waals surface area contributed by atoms with E-state index in [1.165, 1.54) is 11.3 Å². The van der Waals surface area contributed by atoms with Gasteiger partial charge in [-0.05, 0) is 36.8 Å². The second-order valence-corrected chi connectivity index (χ2v) is 8.43. The summed E-state index contributed by atoms with van der Waals surface area (Å²) in [6, 6.07) is 5.81. The van der Waals surface area contributed by atoms with Crippen molar-refractivity contribution in [3.63, 3.8) is 0 Å². The molecule has 6 nitrogen and oxygen atoms in total. The number of aromatic hydroxyl groups is 1. The van der Waals surface area contributed by atoms with Gasteiger partial charge in [0.15, 0.2) is 3.95 Å². The van der Waals surface area contributed by atoms with Gasteiger partial charge in [-0.25, -0.2) is 0 Å². The minimum atomic E-state index is 0.236. The summed E-state index contributed by atoms with van der Waals surface area (Å²) in [6.45, 7) is 5.25. The second kappa shape index (κ2) is 8.57. The van der Waals surface area contributed by atoms with E-state index in [1.54, 1.807) is 7.11 Å². The molecule has 0 atom stereocenters. The Morgan fingerprint density at radius 2 is 2.14 bits per heavy atom. The van der Waals surface area contributed by atoms with E-state index in [-0.39, 0.29) is 5.88 Å². The van der Waals surface area contributed by atoms with Crippen molar-refractivity contribution in [2.75, 3.05) is 40.0 Å². The zero-order valence-electron chi connectivity index (χ0n) is 15.8. The Morgan fingerprint density at radius 3 is 2.93 bits per heavy atom. The Kier molecular flexibility index (Phi) is 5.91. The summed E-state index contributed by atoms with van der Waals surface area (Å²) in [5, 5.41) is 10.7. The van der Waals surface area contributed by atoms with Crippen molar-refractivity contribution in [2.24, 2.45) is 4.99 Å². The van der Waals surface area contributed by atoms with Crippen LogP contribution in [0.25, 0.3) is 11.6 Å². The first-order valence-electron chi connectivity index (χ1n) is 9.32. The lowest BCUT2D eigenvalue weighted by atomic mass is 10.1. The van der Waals surface area contributed by atoms with E-state index in [0.29, 0.717) is 10.5 Å². The van der Waals surface area contributed by atoms with Crippen molar-refractivity contribution >= 4 is 47.1 Å². The first-order valence-corrected chi connectivity index (χ1v) is 10.5. The van der Waals surface area contributed by atoms with Crippen LogP contribution in [0.4, 0.5) is 5.69 Å². The van der Waals surface area contributed by atoms with Crippen molar-refractivity contribution in [3.8, 4) is 11.6 Å². The Labute approximate surface area is 173 Å². The van der Waals surface area contributed by atoms with Gasteiger partial charge in [-0.15, -0.1) is 11.3 Å². The smallest absolute Gasteiger partial charge is 0.210 e. The Hall–Kier alpha value is -2.00. The average Bonchev–Trinajstić information content (AvgIpc) is 3.24. The molecule has 1 fully saturated rings. The molecule has 1 aromatic carbocycles. The maximum absolute atomic E-state index is 10.7. The van der Waals surface area contributed by atoms with E-state index in [9.17, 15) is 5.11 Å². The summed E-state index contributed by atoms with van der Waals surface area (Å²) in [4.78, 5) is 7.60. The molecule has 1 saturated heterocycles. The van der Waals surface area contributed by atoms with E-state index in [4.69, 9.17) is 21.7 Å². The Bertz CT molecular complexity index is 972. The molecule has 1 N–H and O–H groups in total. The van der Waals surface area contributed by atoms with Crippen molar-refractivity contribution in [2.45, 2.75) is 13.0 Å². The summed E-state index contributed by atoms with van der Waals surface area (Å²) in [6.07, 6.45) is 4.71. The normalized spacial score (nSPS) is 18.0. The predicted molar refractivity (Wildman–Crippen MR) is 116 cm³/mol. The highest BCUT2D eigenvalue weighted by atomic mass is 32.1. The molecule has 0 spiro atoms. The lowest BCUT2D eigenvalue weighted by Gasteiger charge is -2.26. The van der Waals surface area contributed by atoms with Gasteiger partial charge in [0, 0.05) is 49.6 Å². The van der Waals surface area contributed by atoms with Crippen LogP contribution >= 0.6 is 23.6 Å². The van der Waals surface area contributed by atoms with Gasteiger partial charge >= 0.3 is 0 Å². The lowest BCUT2D eigenvalue weighted by molar-refractivity contribution is 0.0368. The van der Waals surface area contributed by atoms with Crippen LogP contribution in [0.2, 0.25) is 0 Å². The molecule has 0 amide bonds. The molecule has 3 heterocycles. The fourth-order valence-electron chi connectivity index (χ4n) is 3.44. The third-order valence-corrected chi connectivity index (χ3v) is 6.38. The van der Waals surface area contributed by atoms with Gasteiger partial charge in [0.05, 0.1) is 30.9 Å². The minimum Gasteiger partial charge on any atom is -0.497 e. The van der Waals surface area contributed by atoms with Gasteiger partial charge in [-0.3, -0.25) is 14.5 Å². The van der Waals surface area contributed by atoms with E-state index >= 15 is 0 Å². The molecule has 0 unspecified atom stereocenters. The maximum Gasteiger partial charge on any atom is 0.210 e. The number of nitrogens with zero attached hydrogens (tertiary/aromatic N) is 3. The molecule has 2 aliphatic rings. The number of fused-ring (bicyclic) bond motifs is 1. The number of morpholine rings is 1. The molecule has 2 aromatic rings. The van der Waals surface area contributed by atoms with Crippen LogP contribution in [0.15, 0.2) is 23.2 Å². The fourth-order valence-corrected chi connectivity index (χ4v) is 4.75. The van der Waals surface area contributed by atoms with Crippen LogP contribution in [0.1, 0.15) is 16.9 Å². The number of hydrogen-bond donors (Lipinski definition) is 1. The quantitative estimate of drug-likeness (QED) is 0.721. The topological polar surface area (TPSA) is 59.2 Å². The number of ether oxygens (including phenoxy) is 2. The summed E-state index contributed by atoms with van der Waals surface area (Å²) in [7, 11) is 1.64. The number of allylic oxidation sites excluding steroid dienone is 1. The minimum absolute atomic E-state index is 0.236. The molecule has 8 heteroatoms. The van der Waals surface area contributed by atoms with Gasteiger partial charge in [0.2, 0.25) is 5.88 Å². The molecular formula is C20H23N3O3S2. The monoisotopic (exact) mass is 417 g/mol. The van der Waals surface area contributed by atoms with Gasteiger partial charge in [0.25, 0.3) is 0 Å².